The van der Waals surface area contributed by atoms with Crippen LogP contribution in [0.4, 0.5) is 8.78 Å². The van der Waals surface area contributed by atoms with Crippen molar-refractivity contribution in [1.29, 1.82) is 0 Å². The number of hydrogen-bond donors (Lipinski definition) is 1. The maximum Gasteiger partial charge on any atom is 0.253 e. The zero-order valence-electron chi connectivity index (χ0n) is 11.6. The van der Waals surface area contributed by atoms with Crippen molar-refractivity contribution < 1.29 is 18.3 Å². The van der Waals surface area contributed by atoms with Crippen LogP contribution in [-0.4, -0.2) is 43.2 Å². The predicted molar refractivity (Wildman–Crippen MR) is 70.1 cm³/mol. The molecule has 1 aliphatic rings. The fraction of sp³-hybridized carbons (Fsp3) is 0.500. The molecule has 0 bridgehead atoms. The molecule has 1 aliphatic heterocycles. The standard InChI is InChI=1S/C14H18F2N2O2/c1-14(13(19)17-2)9-18(5-6-20-14)8-10-3-4-11(15)12(16)7-10/h3-4,7H,5-6,8-9H2,1-2H3,(H,17,19). The molecule has 1 N–H and O–H groups in total. The zero-order valence-corrected chi connectivity index (χ0v) is 11.6. The van der Waals surface area contributed by atoms with Crippen molar-refractivity contribution in [2.24, 2.45) is 0 Å². The maximum absolute atomic E-state index is 13.2. The first-order valence-corrected chi connectivity index (χ1v) is 6.47. The van der Waals surface area contributed by atoms with Crippen molar-refractivity contribution in [1.82, 2.24) is 10.2 Å². The van der Waals surface area contributed by atoms with E-state index in [0.29, 0.717) is 31.8 Å². The van der Waals surface area contributed by atoms with Crippen molar-refractivity contribution in [3.8, 4) is 0 Å². The molecule has 0 aliphatic carbocycles. The van der Waals surface area contributed by atoms with E-state index in [0.717, 1.165) is 6.07 Å². The van der Waals surface area contributed by atoms with E-state index >= 15 is 0 Å². The summed E-state index contributed by atoms with van der Waals surface area (Å²) in [6.45, 7) is 3.65. The van der Waals surface area contributed by atoms with Crippen LogP contribution in [0.25, 0.3) is 0 Å². The molecule has 1 saturated heterocycles. The Labute approximate surface area is 116 Å². The number of likely N-dealkylation sites (N-methyl/N-ethyl adjacent to an activating group) is 1. The molecule has 110 valence electrons. The van der Waals surface area contributed by atoms with Crippen molar-refractivity contribution in [2.45, 2.75) is 19.1 Å². The van der Waals surface area contributed by atoms with Crippen molar-refractivity contribution in [3.05, 3.63) is 35.4 Å². The molecule has 0 spiro atoms. The van der Waals surface area contributed by atoms with Crippen LogP contribution < -0.4 is 5.32 Å². The molecular weight excluding hydrogens is 266 g/mol. The summed E-state index contributed by atoms with van der Waals surface area (Å²) >= 11 is 0. The number of rotatable bonds is 3. The minimum absolute atomic E-state index is 0.188. The van der Waals surface area contributed by atoms with E-state index < -0.39 is 17.2 Å². The van der Waals surface area contributed by atoms with Gasteiger partial charge in [-0.05, 0) is 24.6 Å². The van der Waals surface area contributed by atoms with Crippen LogP contribution in [0, 0.1) is 11.6 Å². The van der Waals surface area contributed by atoms with Crippen LogP contribution in [0.2, 0.25) is 0 Å². The van der Waals surface area contributed by atoms with Gasteiger partial charge in [-0.3, -0.25) is 9.69 Å². The summed E-state index contributed by atoms with van der Waals surface area (Å²) in [7, 11) is 1.56. The van der Waals surface area contributed by atoms with Gasteiger partial charge in [0.25, 0.3) is 5.91 Å². The monoisotopic (exact) mass is 284 g/mol. The quantitative estimate of drug-likeness (QED) is 0.909. The van der Waals surface area contributed by atoms with Gasteiger partial charge in [0.1, 0.15) is 0 Å². The minimum Gasteiger partial charge on any atom is -0.363 e. The zero-order chi connectivity index (χ0) is 14.8. The lowest BCUT2D eigenvalue weighted by molar-refractivity contribution is -0.156. The molecule has 1 heterocycles. The molecule has 1 unspecified atom stereocenters. The molecular formula is C14H18F2N2O2. The van der Waals surface area contributed by atoms with Gasteiger partial charge < -0.3 is 10.1 Å². The second kappa shape index (κ2) is 5.85. The van der Waals surface area contributed by atoms with Gasteiger partial charge in [-0.1, -0.05) is 6.07 Å². The van der Waals surface area contributed by atoms with E-state index in [1.165, 1.54) is 6.07 Å². The van der Waals surface area contributed by atoms with E-state index in [1.54, 1.807) is 20.0 Å². The fourth-order valence-electron chi connectivity index (χ4n) is 2.38. The Hall–Kier alpha value is -1.53. The second-order valence-electron chi connectivity index (χ2n) is 5.12. The second-order valence-corrected chi connectivity index (χ2v) is 5.12. The van der Waals surface area contributed by atoms with Crippen molar-refractivity contribution >= 4 is 5.91 Å². The van der Waals surface area contributed by atoms with Crippen LogP contribution in [-0.2, 0) is 16.1 Å². The summed E-state index contributed by atoms with van der Waals surface area (Å²) in [6.07, 6.45) is 0. The lowest BCUT2D eigenvalue weighted by Crippen LogP contribution is -2.57. The molecule has 1 aromatic rings. The topological polar surface area (TPSA) is 41.6 Å². The Morgan fingerprint density at radius 3 is 2.85 bits per heavy atom. The molecule has 20 heavy (non-hydrogen) atoms. The molecule has 1 aromatic carbocycles. The van der Waals surface area contributed by atoms with E-state index in [1.807, 2.05) is 4.90 Å². The number of nitrogens with zero attached hydrogens (tertiary/aromatic N) is 1. The lowest BCUT2D eigenvalue weighted by atomic mass is 10.0. The minimum atomic E-state index is -0.911. The summed E-state index contributed by atoms with van der Waals surface area (Å²) in [5, 5.41) is 2.58. The number of amides is 1. The van der Waals surface area contributed by atoms with Crippen molar-refractivity contribution in [3.63, 3.8) is 0 Å². The van der Waals surface area contributed by atoms with E-state index in [2.05, 4.69) is 5.32 Å². The lowest BCUT2D eigenvalue weighted by Gasteiger charge is -2.39. The number of carbonyl (C=O) groups excluding carboxylic acids is 1. The third-order valence-electron chi connectivity index (χ3n) is 3.45. The number of ether oxygens (including phenoxy) is 1. The third kappa shape index (κ3) is 3.13. The molecule has 1 fully saturated rings. The number of hydrogen-bond acceptors (Lipinski definition) is 3. The normalized spacial score (nSPS) is 23.6. The first-order valence-electron chi connectivity index (χ1n) is 6.47. The Kier molecular flexibility index (Phi) is 4.35. The Morgan fingerprint density at radius 2 is 2.20 bits per heavy atom. The largest absolute Gasteiger partial charge is 0.363 e. The molecule has 1 amide bonds. The first kappa shape index (κ1) is 14.9. The average Bonchev–Trinajstić information content (AvgIpc) is 2.42. The van der Waals surface area contributed by atoms with Gasteiger partial charge in [0.15, 0.2) is 17.2 Å². The molecule has 0 saturated carbocycles. The van der Waals surface area contributed by atoms with Crippen LogP contribution in [0.15, 0.2) is 18.2 Å². The van der Waals surface area contributed by atoms with Crippen molar-refractivity contribution in [2.75, 3.05) is 26.7 Å². The maximum atomic E-state index is 13.2. The number of carbonyl (C=O) groups is 1. The first-order chi connectivity index (χ1) is 9.44. The highest BCUT2D eigenvalue weighted by Crippen LogP contribution is 2.20. The summed E-state index contributed by atoms with van der Waals surface area (Å²) in [5.74, 6) is -1.90. The van der Waals surface area contributed by atoms with Crippen LogP contribution in [0.5, 0.6) is 0 Å². The smallest absolute Gasteiger partial charge is 0.253 e. The van der Waals surface area contributed by atoms with Crippen LogP contribution in [0.3, 0.4) is 0 Å². The highest BCUT2D eigenvalue weighted by molar-refractivity contribution is 5.84. The average molecular weight is 284 g/mol. The van der Waals surface area contributed by atoms with Gasteiger partial charge in [-0.2, -0.15) is 0 Å². The molecule has 0 radical (unpaired) electrons. The van der Waals surface area contributed by atoms with Gasteiger partial charge in [-0.25, -0.2) is 8.78 Å². The van der Waals surface area contributed by atoms with Gasteiger partial charge >= 0.3 is 0 Å². The molecule has 4 nitrogen and oxygen atoms in total. The molecule has 2 rings (SSSR count). The Morgan fingerprint density at radius 1 is 1.45 bits per heavy atom. The number of morpholine rings is 1. The highest BCUT2D eigenvalue weighted by Gasteiger charge is 2.38. The third-order valence-corrected chi connectivity index (χ3v) is 3.45. The SMILES string of the molecule is CNC(=O)C1(C)CN(Cc2ccc(F)c(F)c2)CCO1. The fourth-order valence-corrected chi connectivity index (χ4v) is 2.38. The number of nitrogens with one attached hydrogen (secondary N) is 1. The highest BCUT2D eigenvalue weighted by atomic mass is 19.2. The Bertz CT molecular complexity index is 510. The molecule has 6 heteroatoms. The van der Waals surface area contributed by atoms with E-state index in [4.69, 9.17) is 4.74 Å². The number of halogens is 2. The van der Waals surface area contributed by atoms with E-state index in [-0.39, 0.29) is 5.91 Å². The molecule has 1 atom stereocenters. The Balaban J connectivity index is 2.06. The predicted octanol–water partition coefficient (Wildman–Crippen LogP) is 1.30. The van der Waals surface area contributed by atoms with Gasteiger partial charge in [0, 0.05) is 26.7 Å². The summed E-state index contributed by atoms with van der Waals surface area (Å²) in [6, 6.07) is 3.84. The van der Waals surface area contributed by atoms with Gasteiger partial charge in [0.05, 0.1) is 6.61 Å². The van der Waals surface area contributed by atoms with Crippen LogP contribution in [0.1, 0.15) is 12.5 Å². The summed E-state index contributed by atoms with van der Waals surface area (Å²) in [5.41, 5.74) is -0.240. The van der Waals surface area contributed by atoms with E-state index in [9.17, 15) is 13.6 Å². The number of benzene rings is 1. The summed E-state index contributed by atoms with van der Waals surface area (Å²) < 4.78 is 31.6. The van der Waals surface area contributed by atoms with Gasteiger partial charge in [-0.15, -0.1) is 0 Å². The van der Waals surface area contributed by atoms with Gasteiger partial charge in [0.2, 0.25) is 0 Å². The molecule has 0 aromatic heterocycles. The summed E-state index contributed by atoms with van der Waals surface area (Å²) in [4.78, 5) is 13.8. The van der Waals surface area contributed by atoms with Crippen LogP contribution >= 0.6 is 0 Å².